The van der Waals surface area contributed by atoms with Crippen molar-refractivity contribution in [2.45, 2.75) is 56.9 Å². The minimum atomic E-state index is -4.56. The standard InChI is InChI=1S/C21H24F6N8O/c22-20(23,24)6-15-29-14(30-31-15)1-12-2-18(3-12)7-33(8-18)17(36)34-9-19(10-34)4-13(5-19)35-11-28-16(32-35)21(25,26)27/h11-13H,1-10H2,(H,29,30,31). The van der Waals surface area contributed by atoms with Gasteiger partial charge in [-0.15, -0.1) is 5.10 Å². The minimum Gasteiger partial charge on any atom is -0.323 e. The van der Waals surface area contributed by atoms with Gasteiger partial charge in [0.25, 0.3) is 5.82 Å². The lowest BCUT2D eigenvalue weighted by atomic mass is 9.57. The number of rotatable bonds is 4. The molecule has 4 aliphatic rings. The fourth-order valence-electron chi connectivity index (χ4n) is 6.48. The van der Waals surface area contributed by atoms with Crippen LogP contribution in [0.5, 0.6) is 0 Å². The maximum atomic E-state index is 12.8. The van der Waals surface area contributed by atoms with Gasteiger partial charge in [-0.2, -0.15) is 31.4 Å². The first-order chi connectivity index (χ1) is 16.8. The van der Waals surface area contributed by atoms with Crippen LogP contribution >= 0.6 is 0 Å². The highest BCUT2D eigenvalue weighted by Gasteiger charge is 2.58. The van der Waals surface area contributed by atoms with Crippen LogP contribution in [0.4, 0.5) is 31.1 Å². The van der Waals surface area contributed by atoms with E-state index in [2.05, 4.69) is 25.3 Å². The van der Waals surface area contributed by atoms with E-state index in [1.54, 1.807) is 4.90 Å². The Morgan fingerprint density at radius 1 is 1.00 bits per heavy atom. The van der Waals surface area contributed by atoms with Crippen molar-refractivity contribution in [1.82, 2.24) is 39.7 Å². The van der Waals surface area contributed by atoms with Gasteiger partial charge in [0, 0.05) is 43.4 Å². The lowest BCUT2D eigenvalue weighted by molar-refractivity contribution is -0.145. The van der Waals surface area contributed by atoms with Gasteiger partial charge in [0.2, 0.25) is 0 Å². The second-order valence-electron chi connectivity index (χ2n) is 11.1. The molecule has 15 heteroatoms. The number of aromatic nitrogens is 6. The minimum absolute atomic E-state index is 0.0102. The molecule has 2 aromatic rings. The Morgan fingerprint density at radius 3 is 2.17 bits per heavy atom. The highest BCUT2D eigenvalue weighted by Crippen LogP contribution is 2.56. The average Bonchev–Trinajstić information content (AvgIpc) is 3.28. The molecule has 2 saturated heterocycles. The van der Waals surface area contributed by atoms with Crippen LogP contribution in [0, 0.1) is 16.7 Å². The summed E-state index contributed by atoms with van der Waals surface area (Å²) in [5, 5.41) is 9.80. The molecule has 2 amide bonds. The molecule has 0 atom stereocenters. The first kappa shape index (κ1) is 23.5. The molecule has 196 valence electrons. The second-order valence-corrected chi connectivity index (χ2v) is 11.1. The third kappa shape index (κ3) is 4.19. The highest BCUT2D eigenvalue weighted by molar-refractivity contribution is 5.77. The van der Waals surface area contributed by atoms with Crippen molar-refractivity contribution < 1.29 is 31.1 Å². The largest absolute Gasteiger partial charge is 0.453 e. The quantitative estimate of drug-likeness (QED) is 0.628. The number of halogens is 6. The van der Waals surface area contributed by atoms with E-state index in [4.69, 9.17) is 0 Å². The molecule has 0 unspecified atom stereocenters. The number of H-pyrrole nitrogens is 1. The van der Waals surface area contributed by atoms with Crippen LogP contribution in [-0.4, -0.2) is 78.1 Å². The number of carbonyl (C=O) groups excluding carboxylic acids is 1. The SMILES string of the molecule is O=C(N1CC2(CC(Cc3n[nH]c(CC(F)(F)F)n3)C2)C1)N1CC2(CC(n3cnc(C(F)(F)F)n3)C2)C1. The van der Waals surface area contributed by atoms with Crippen molar-refractivity contribution in [3.63, 3.8) is 0 Å². The molecule has 2 saturated carbocycles. The van der Waals surface area contributed by atoms with Crippen LogP contribution in [0.15, 0.2) is 6.33 Å². The van der Waals surface area contributed by atoms with Crippen LogP contribution in [0.1, 0.15) is 49.2 Å². The van der Waals surface area contributed by atoms with Crippen LogP contribution in [-0.2, 0) is 19.0 Å². The van der Waals surface area contributed by atoms with Gasteiger partial charge in [-0.1, -0.05) is 0 Å². The molecule has 2 aliphatic heterocycles. The highest BCUT2D eigenvalue weighted by atomic mass is 19.4. The molecular weight excluding hydrogens is 494 g/mol. The number of nitrogens with one attached hydrogen (secondary N) is 1. The Bertz CT molecular complexity index is 1140. The lowest BCUT2D eigenvalue weighted by Crippen LogP contribution is -2.71. The number of amides is 2. The van der Waals surface area contributed by atoms with Gasteiger partial charge in [-0.3, -0.25) is 5.10 Å². The Kier molecular flexibility index (Phi) is 4.95. The summed E-state index contributed by atoms with van der Waals surface area (Å²) in [6.07, 6.45) is -5.22. The molecule has 4 fully saturated rings. The summed E-state index contributed by atoms with van der Waals surface area (Å²) in [6, 6.07) is -0.136. The molecular formula is C21H24F6N8O. The van der Waals surface area contributed by atoms with Gasteiger partial charge >= 0.3 is 18.4 Å². The van der Waals surface area contributed by atoms with Gasteiger partial charge in [0.1, 0.15) is 18.6 Å². The Hall–Kier alpha value is -2.87. The maximum Gasteiger partial charge on any atom is 0.453 e. The second kappa shape index (κ2) is 7.57. The summed E-state index contributed by atoms with van der Waals surface area (Å²) >= 11 is 0. The van der Waals surface area contributed by atoms with Gasteiger partial charge in [0.15, 0.2) is 5.82 Å². The van der Waals surface area contributed by atoms with E-state index in [9.17, 15) is 31.1 Å². The summed E-state index contributed by atoms with van der Waals surface area (Å²) in [4.78, 5) is 23.7. The first-order valence-corrected chi connectivity index (χ1v) is 11.8. The van der Waals surface area contributed by atoms with E-state index in [0.717, 1.165) is 19.2 Å². The number of likely N-dealkylation sites (tertiary alicyclic amines) is 2. The number of urea groups is 1. The maximum absolute atomic E-state index is 12.8. The van der Waals surface area contributed by atoms with Gasteiger partial charge < -0.3 is 9.80 Å². The van der Waals surface area contributed by atoms with E-state index in [0.29, 0.717) is 57.2 Å². The third-order valence-electron chi connectivity index (χ3n) is 7.98. The zero-order chi connectivity index (χ0) is 25.5. The van der Waals surface area contributed by atoms with Crippen LogP contribution in [0.25, 0.3) is 0 Å². The fraction of sp³-hybridized carbons (Fsp3) is 0.762. The van der Waals surface area contributed by atoms with Crippen molar-refractivity contribution >= 4 is 6.03 Å². The summed E-state index contributed by atoms with van der Waals surface area (Å²) in [5.74, 6) is -0.618. The molecule has 0 aromatic carbocycles. The number of hydrogen-bond acceptors (Lipinski definition) is 5. The number of aromatic amines is 1. The van der Waals surface area contributed by atoms with Crippen LogP contribution in [0.3, 0.4) is 0 Å². The van der Waals surface area contributed by atoms with Crippen molar-refractivity contribution in [3.05, 3.63) is 23.8 Å². The number of alkyl halides is 6. The summed E-state index contributed by atoms with van der Waals surface area (Å²) in [7, 11) is 0. The lowest BCUT2D eigenvalue weighted by Gasteiger charge is -2.63. The summed E-state index contributed by atoms with van der Waals surface area (Å²) in [6.45, 7) is 2.53. The number of carbonyl (C=O) groups is 1. The van der Waals surface area contributed by atoms with Crippen LogP contribution in [0.2, 0.25) is 0 Å². The molecule has 4 heterocycles. The van der Waals surface area contributed by atoms with Crippen LogP contribution < -0.4 is 0 Å². The molecule has 6 rings (SSSR count). The zero-order valence-electron chi connectivity index (χ0n) is 19.1. The van der Waals surface area contributed by atoms with E-state index in [1.807, 2.05) is 4.90 Å². The molecule has 0 bridgehead atoms. The van der Waals surface area contributed by atoms with Crippen molar-refractivity contribution in [3.8, 4) is 0 Å². The predicted molar refractivity (Wildman–Crippen MR) is 109 cm³/mol. The summed E-state index contributed by atoms with van der Waals surface area (Å²) < 4.78 is 76.8. The van der Waals surface area contributed by atoms with Gasteiger partial charge in [0.05, 0.1) is 6.04 Å². The molecule has 2 spiro atoms. The van der Waals surface area contributed by atoms with Crippen molar-refractivity contribution in [2.75, 3.05) is 26.2 Å². The van der Waals surface area contributed by atoms with E-state index in [-0.39, 0.29) is 28.7 Å². The summed E-state index contributed by atoms with van der Waals surface area (Å²) in [5.41, 5.74) is 0.0369. The monoisotopic (exact) mass is 518 g/mol. The molecule has 1 N–H and O–H groups in total. The molecule has 9 nitrogen and oxygen atoms in total. The Labute approximate surface area is 201 Å². The normalized spacial score (nSPS) is 23.4. The van der Waals surface area contributed by atoms with Crippen molar-refractivity contribution in [1.29, 1.82) is 0 Å². The first-order valence-electron chi connectivity index (χ1n) is 11.8. The van der Waals surface area contributed by atoms with Gasteiger partial charge in [-0.05, 0) is 31.6 Å². The molecule has 2 aliphatic carbocycles. The predicted octanol–water partition coefficient (Wildman–Crippen LogP) is 3.23. The average molecular weight is 518 g/mol. The molecule has 0 radical (unpaired) electrons. The third-order valence-corrected chi connectivity index (χ3v) is 7.98. The fourth-order valence-corrected chi connectivity index (χ4v) is 6.48. The molecule has 36 heavy (non-hydrogen) atoms. The van der Waals surface area contributed by atoms with Crippen molar-refractivity contribution in [2.24, 2.45) is 16.7 Å². The molecule has 2 aromatic heterocycles. The Balaban J connectivity index is 0.914. The zero-order valence-corrected chi connectivity index (χ0v) is 19.1. The Morgan fingerprint density at radius 2 is 1.61 bits per heavy atom. The number of nitrogens with zero attached hydrogens (tertiary/aromatic N) is 7. The topological polar surface area (TPSA) is 95.8 Å². The van der Waals surface area contributed by atoms with E-state index >= 15 is 0 Å². The number of hydrogen-bond donors (Lipinski definition) is 1. The smallest absolute Gasteiger partial charge is 0.323 e. The van der Waals surface area contributed by atoms with E-state index < -0.39 is 24.6 Å². The van der Waals surface area contributed by atoms with Gasteiger partial charge in [-0.25, -0.2) is 19.4 Å². The van der Waals surface area contributed by atoms with E-state index in [1.165, 1.54) is 4.68 Å².